The average Bonchev–Trinajstić information content (AvgIpc) is 3.04. The normalized spacial score (nSPS) is 16.3. The van der Waals surface area contributed by atoms with Crippen molar-refractivity contribution in [1.29, 1.82) is 0 Å². The molecule has 10 nitrogen and oxygen atoms in total. The molecule has 0 amide bonds. The fourth-order valence-electron chi connectivity index (χ4n) is 5.25. The first-order valence-corrected chi connectivity index (χ1v) is 16.3. The maximum absolute atomic E-state index is 13.8. The monoisotopic (exact) mass is 699 g/mol. The molecule has 0 aliphatic carbocycles. The highest BCUT2D eigenvalue weighted by atomic mass is 35.5. The summed E-state index contributed by atoms with van der Waals surface area (Å²) in [4.78, 5) is 24.3. The summed E-state index contributed by atoms with van der Waals surface area (Å²) in [6, 6.07) is 12.6. The Balaban J connectivity index is 1.62. The standard InChI is InChI=1S/C32H33ClF3NO9S/c1-43-28-14-10-20(16-29(28)44-2)9-13-27(21-6-5-7-22(17-21)45-19-30(38)39)46-31(40)26-8-3-4-15-37(26)47(41,42)23-11-12-24(25(33)18-23)32(34,35)36/h5-7,10-12,14,16-18,26-27H,3-4,8-9,13,15,19H2,1-2H3,(H,38,39)/t26-,27+/m0/s1. The van der Waals surface area contributed by atoms with Crippen LogP contribution in [0, 0.1) is 0 Å². The van der Waals surface area contributed by atoms with Crippen molar-refractivity contribution in [2.75, 3.05) is 27.4 Å². The summed E-state index contributed by atoms with van der Waals surface area (Å²) in [7, 11) is -1.45. The van der Waals surface area contributed by atoms with Crippen LogP contribution in [0.4, 0.5) is 13.2 Å². The highest BCUT2D eigenvalue weighted by Gasteiger charge is 2.41. The number of halogens is 4. The molecule has 254 valence electrons. The summed E-state index contributed by atoms with van der Waals surface area (Å²) < 4.78 is 90.0. The second-order valence-corrected chi connectivity index (χ2v) is 13.0. The minimum atomic E-state index is -4.78. The molecule has 0 unspecified atom stereocenters. The summed E-state index contributed by atoms with van der Waals surface area (Å²) in [5, 5.41) is 8.24. The molecule has 3 aromatic rings. The number of sulfonamides is 1. The van der Waals surface area contributed by atoms with Crippen LogP contribution in [0.2, 0.25) is 5.02 Å². The molecule has 47 heavy (non-hydrogen) atoms. The Morgan fingerprint density at radius 3 is 2.43 bits per heavy atom. The predicted molar refractivity (Wildman–Crippen MR) is 164 cm³/mol. The number of esters is 1. The Morgan fingerprint density at radius 2 is 1.77 bits per heavy atom. The lowest BCUT2D eigenvalue weighted by atomic mass is 10.00. The quantitative estimate of drug-likeness (QED) is 0.205. The van der Waals surface area contributed by atoms with E-state index in [1.807, 2.05) is 6.07 Å². The fourth-order valence-corrected chi connectivity index (χ4v) is 7.27. The molecule has 3 aromatic carbocycles. The van der Waals surface area contributed by atoms with E-state index in [0.717, 1.165) is 22.0 Å². The van der Waals surface area contributed by atoms with Crippen LogP contribution in [0.5, 0.6) is 17.2 Å². The van der Waals surface area contributed by atoms with Gasteiger partial charge in [-0.25, -0.2) is 13.2 Å². The second kappa shape index (κ2) is 15.3. The number of carbonyl (C=O) groups excluding carboxylic acids is 1. The van der Waals surface area contributed by atoms with E-state index < -0.39 is 62.4 Å². The van der Waals surface area contributed by atoms with Crippen molar-refractivity contribution in [3.8, 4) is 17.2 Å². The lowest BCUT2D eigenvalue weighted by Gasteiger charge is -2.34. The van der Waals surface area contributed by atoms with Crippen LogP contribution < -0.4 is 14.2 Å². The van der Waals surface area contributed by atoms with Crippen LogP contribution in [0.25, 0.3) is 0 Å². The Morgan fingerprint density at radius 1 is 1.02 bits per heavy atom. The number of nitrogens with zero attached hydrogens (tertiary/aromatic N) is 1. The second-order valence-electron chi connectivity index (χ2n) is 10.7. The average molecular weight is 700 g/mol. The smallest absolute Gasteiger partial charge is 0.417 e. The molecular weight excluding hydrogens is 667 g/mol. The number of carbonyl (C=O) groups is 2. The van der Waals surface area contributed by atoms with Gasteiger partial charge < -0.3 is 24.1 Å². The summed E-state index contributed by atoms with van der Waals surface area (Å²) >= 11 is 5.82. The third-order valence-corrected chi connectivity index (χ3v) is 9.79. The van der Waals surface area contributed by atoms with Gasteiger partial charge in [-0.2, -0.15) is 17.5 Å². The molecule has 15 heteroatoms. The van der Waals surface area contributed by atoms with Crippen LogP contribution in [0.15, 0.2) is 65.6 Å². The molecule has 4 rings (SSSR count). The molecule has 0 aromatic heterocycles. The van der Waals surface area contributed by atoms with E-state index in [0.29, 0.717) is 42.4 Å². The van der Waals surface area contributed by atoms with Gasteiger partial charge in [0.05, 0.1) is 29.7 Å². The van der Waals surface area contributed by atoms with Gasteiger partial charge in [0, 0.05) is 6.54 Å². The molecule has 1 saturated heterocycles. The Labute approximate surface area is 275 Å². The SMILES string of the molecule is COc1ccc(CC[C@@H](OC(=O)[C@@H]2CCCCN2S(=O)(=O)c2ccc(C(F)(F)F)c(Cl)c2)c2cccc(OCC(=O)O)c2)cc1OC. The van der Waals surface area contributed by atoms with Crippen molar-refractivity contribution in [3.63, 3.8) is 0 Å². The van der Waals surface area contributed by atoms with E-state index in [2.05, 4.69) is 0 Å². The molecule has 1 N–H and O–H groups in total. The summed E-state index contributed by atoms with van der Waals surface area (Å²) in [6.45, 7) is -0.655. The molecule has 0 saturated carbocycles. The van der Waals surface area contributed by atoms with Crippen LogP contribution in [0.3, 0.4) is 0 Å². The zero-order valence-electron chi connectivity index (χ0n) is 25.5. The van der Waals surface area contributed by atoms with E-state index >= 15 is 0 Å². The number of benzene rings is 3. The van der Waals surface area contributed by atoms with Gasteiger partial charge in [-0.05, 0) is 85.7 Å². The van der Waals surface area contributed by atoms with Gasteiger partial charge in [-0.1, -0.05) is 29.8 Å². The van der Waals surface area contributed by atoms with E-state index in [9.17, 15) is 31.2 Å². The number of aryl methyl sites for hydroxylation is 1. The number of alkyl halides is 3. The molecule has 0 bridgehead atoms. The van der Waals surface area contributed by atoms with Crippen molar-refractivity contribution in [2.45, 2.75) is 55.3 Å². The third kappa shape index (κ3) is 8.87. The van der Waals surface area contributed by atoms with Crippen molar-refractivity contribution < 1.29 is 55.2 Å². The first-order chi connectivity index (χ1) is 22.2. The van der Waals surface area contributed by atoms with Crippen molar-refractivity contribution in [1.82, 2.24) is 4.31 Å². The number of piperidine rings is 1. The van der Waals surface area contributed by atoms with Crippen molar-refractivity contribution in [2.24, 2.45) is 0 Å². The van der Waals surface area contributed by atoms with Crippen molar-refractivity contribution in [3.05, 3.63) is 82.4 Å². The van der Waals surface area contributed by atoms with Gasteiger partial charge in [0.15, 0.2) is 18.1 Å². The summed E-state index contributed by atoms with van der Waals surface area (Å²) in [6.07, 6.45) is -4.03. The Bertz CT molecular complexity index is 1700. The van der Waals surface area contributed by atoms with Gasteiger partial charge in [0.1, 0.15) is 17.9 Å². The minimum Gasteiger partial charge on any atom is -0.493 e. The van der Waals surface area contributed by atoms with Crippen LogP contribution in [-0.2, 0) is 36.9 Å². The number of hydrogen-bond donors (Lipinski definition) is 1. The van der Waals surface area contributed by atoms with E-state index in [4.69, 9.17) is 35.7 Å². The Hall–Kier alpha value is -4.01. The number of carboxylic acids is 1. The van der Waals surface area contributed by atoms with Gasteiger partial charge in [-0.15, -0.1) is 0 Å². The van der Waals surface area contributed by atoms with E-state index in [-0.39, 0.29) is 25.1 Å². The minimum absolute atomic E-state index is 0.0600. The fraction of sp³-hybridized carbons (Fsp3) is 0.375. The van der Waals surface area contributed by atoms with Gasteiger partial charge >= 0.3 is 18.1 Å². The maximum atomic E-state index is 13.8. The molecule has 1 aliphatic heterocycles. The highest BCUT2D eigenvalue weighted by Crippen LogP contribution is 2.37. The topological polar surface area (TPSA) is 129 Å². The van der Waals surface area contributed by atoms with Crippen LogP contribution in [-0.4, -0.2) is 63.2 Å². The molecular formula is C32H33ClF3NO9S. The predicted octanol–water partition coefficient (Wildman–Crippen LogP) is 6.30. The zero-order chi connectivity index (χ0) is 34.4. The lowest BCUT2D eigenvalue weighted by Crippen LogP contribution is -2.48. The van der Waals surface area contributed by atoms with Crippen LogP contribution >= 0.6 is 11.6 Å². The molecule has 0 spiro atoms. The summed E-state index contributed by atoms with van der Waals surface area (Å²) in [5.74, 6) is -0.789. The number of carboxylic acid groups (broad SMARTS) is 1. The first kappa shape index (κ1) is 35.8. The number of ether oxygens (including phenoxy) is 4. The molecule has 1 fully saturated rings. The molecule has 0 radical (unpaired) electrons. The number of hydrogen-bond acceptors (Lipinski definition) is 8. The number of aliphatic carboxylic acids is 1. The number of methoxy groups -OCH3 is 2. The summed E-state index contributed by atoms with van der Waals surface area (Å²) in [5.41, 5.74) is 0.115. The van der Waals surface area contributed by atoms with E-state index in [1.165, 1.54) is 20.3 Å². The van der Waals surface area contributed by atoms with Crippen LogP contribution in [0.1, 0.15) is 48.5 Å². The Kier molecular flexibility index (Phi) is 11.6. The van der Waals surface area contributed by atoms with Crippen molar-refractivity contribution >= 4 is 33.6 Å². The lowest BCUT2D eigenvalue weighted by molar-refractivity contribution is -0.155. The zero-order valence-corrected chi connectivity index (χ0v) is 27.0. The molecule has 2 atom stereocenters. The van der Waals surface area contributed by atoms with E-state index in [1.54, 1.807) is 30.3 Å². The highest BCUT2D eigenvalue weighted by molar-refractivity contribution is 7.89. The maximum Gasteiger partial charge on any atom is 0.417 e. The van der Waals surface area contributed by atoms with Gasteiger partial charge in [0.25, 0.3) is 0 Å². The van der Waals surface area contributed by atoms with Gasteiger partial charge in [0.2, 0.25) is 10.0 Å². The van der Waals surface area contributed by atoms with Gasteiger partial charge in [-0.3, -0.25) is 4.79 Å². The third-order valence-electron chi connectivity index (χ3n) is 7.57. The molecule has 1 aliphatic rings. The largest absolute Gasteiger partial charge is 0.493 e. The molecule has 1 heterocycles. The first-order valence-electron chi connectivity index (χ1n) is 14.5. The number of rotatable bonds is 13.